The van der Waals surface area contributed by atoms with Gasteiger partial charge in [-0.05, 0) is 24.6 Å². The van der Waals surface area contributed by atoms with Crippen LogP contribution >= 0.6 is 0 Å². The topological polar surface area (TPSA) is 92.4 Å². The van der Waals surface area contributed by atoms with E-state index in [-0.39, 0.29) is 23.8 Å². The van der Waals surface area contributed by atoms with Crippen LogP contribution in [0, 0.1) is 13.8 Å². The van der Waals surface area contributed by atoms with Crippen molar-refractivity contribution in [3.8, 4) is 0 Å². The van der Waals surface area contributed by atoms with Gasteiger partial charge in [-0.3, -0.25) is 4.79 Å². The number of carbonyl (C=O) groups is 2. The Kier molecular flexibility index (Phi) is 3.84. The zero-order valence-corrected chi connectivity index (χ0v) is 11.1. The van der Waals surface area contributed by atoms with Gasteiger partial charge in [-0.15, -0.1) is 0 Å². The molecule has 0 atom stereocenters. The monoisotopic (exact) mass is 274 g/mol. The van der Waals surface area contributed by atoms with Crippen molar-refractivity contribution < 1.29 is 19.1 Å². The molecule has 0 spiro atoms. The van der Waals surface area contributed by atoms with Crippen molar-refractivity contribution in [3.63, 3.8) is 0 Å². The molecular formula is C14H14N2O4. The quantitative estimate of drug-likeness (QED) is 0.888. The van der Waals surface area contributed by atoms with Crippen molar-refractivity contribution in [3.05, 3.63) is 52.7 Å². The highest BCUT2D eigenvalue weighted by molar-refractivity contribution is 5.92. The summed E-state index contributed by atoms with van der Waals surface area (Å²) < 4.78 is 5.21. The number of carbonyl (C=O) groups excluding carboxylic acids is 1. The van der Waals surface area contributed by atoms with Gasteiger partial charge < -0.3 is 14.8 Å². The number of hydrogen-bond acceptors (Lipinski definition) is 4. The Balaban J connectivity index is 2.00. The van der Waals surface area contributed by atoms with Gasteiger partial charge in [0.1, 0.15) is 0 Å². The molecule has 0 bridgehead atoms. The van der Waals surface area contributed by atoms with Crippen LogP contribution in [0.4, 0.5) is 0 Å². The lowest BCUT2D eigenvalue weighted by Crippen LogP contribution is -2.23. The lowest BCUT2D eigenvalue weighted by Gasteiger charge is -2.04. The number of benzene rings is 1. The highest BCUT2D eigenvalue weighted by Gasteiger charge is 2.15. The van der Waals surface area contributed by atoms with Crippen LogP contribution in [0.25, 0.3) is 0 Å². The predicted molar refractivity (Wildman–Crippen MR) is 70.5 cm³/mol. The van der Waals surface area contributed by atoms with E-state index in [0.717, 1.165) is 5.56 Å². The summed E-state index contributed by atoms with van der Waals surface area (Å²) in [7, 11) is 0. The maximum Gasteiger partial charge on any atom is 0.335 e. The van der Waals surface area contributed by atoms with E-state index >= 15 is 0 Å². The van der Waals surface area contributed by atoms with Crippen LogP contribution in [0.5, 0.6) is 0 Å². The van der Waals surface area contributed by atoms with E-state index in [9.17, 15) is 9.59 Å². The first kappa shape index (κ1) is 13.8. The summed E-state index contributed by atoms with van der Waals surface area (Å²) in [6.45, 7) is 3.67. The van der Waals surface area contributed by atoms with Crippen molar-refractivity contribution in [2.45, 2.75) is 20.4 Å². The van der Waals surface area contributed by atoms with Gasteiger partial charge in [0.2, 0.25) is 5.76 Å². The highest BCUT2D eigenvalue weighted by atomic mass is 16.4. The van der Waals surface area contributed by atoms with Gasteiger partial charge in [0.25, 0.3) is 5.91 Å². The van der Waals surface area contributed by atoms with Crippen LogP contribution in [0.15, 0.2) is 28.7 Å². The number of carboxylic acids is 1. The Morgan fingerprint density at radius 3 is 2.40 bits per heavy atom. The fraction of sp³-hybridized carbons (Fsp3) is 0.214. The minimum Gasteiger partial charge on any atom is -0.478 e. The number of carboxylic acid groups (broad SMARTS) is 1. The third kappa shape index (κ3) is 3.03. The van der Waals surface area contributed by atoms with Crippen LogP contribution in [0.2, 0.25) is 0 Å². The maximum absolute atomic E-state index is 11.9. The molecular weight excluding hydrogens is 260 g/mol. The van der Waals surface area contributed by atoms with Crippen LogP contribution in [0.3, 0.4) is 0 Å². The molecule has 104 valence electrons. The van der Waals surface area contributed by atoms with Crippen molar-refractivity contribution >= 4 is 11.9 Å². The third-order valence-corrected chi connectivity index (χ3v) is 2.76. The summed E-state index contributed by atoms with van der Waals surface area (Å²) >= 11 is 0. The first-order chi connectivity index (χ1) is 9.47. The largest absolute Gasteiger partial charge is 0.478 e. The second-order valence-corrected chi connectivity index (χ2v) is 4.33. The van der Waals surface area contributed by atoms with E-state index in [0.29, 0.717) is 11.6 Å². The van der Waals surface area contributed by atoms with Gasteiger partial charge in [-0.2, -0.15) is 0 Å². The third-order valence-electron chi connectivity index (χ3n) is 2.76. The van der Waals surface area contributed by atoms with Crippen LogP contribution in [-0.4, -0.2) is 22.0 Å². The fourth-order valence-electron chi connectivity index (χ4n) is 1.77. The summed E-state index contributed by atoms with van der Waals surface area (Å²) in [4.78, 5) is 26.6. The maximum atomic E-state index is 11.9. The molecule has 0 aliphatic rings. The minimum atomic E-state index is -0.978. The summed E-state index contributed by atoms with van der Waals surface area (Å²) in [6, 6.07) is 6.30. The van der Waals surface area contributed by atoms with E-state index in [4.69, 9.17) is 9.52 Å². The SMILES string of the molecule is Cc1nc(C)c(C(=O)NCc2ccc(C(=O)O)cc2)o1. The number of nitrogens with zero attached hydrogens (tertiary/aromatic N) is 1. The molecule has 0 aliphatic carbocycles. The number of aromatic carboxylic acids is 1. The second-order valence-electron chi connectivity index (χ2n) is 4.33. The van der Waals surface area contributed by atoms with Gasteiger partial charge >= 0.3 is 5.97 Å². The Morgan fingerprint density at radius 2 is 1.90 bits per heavy atom. The average molecular weight is 274 g/mol. The molecule has 1 amide bonds. The van der Waals surface area contributed by atoms with Crippen molar-refractivity contribution in [2.24, 2.45) is 0 Å². The minimum absolute atomic E-state index is 0.199. The van der Waals surface area contributed by atoms with Crippen molar-refractivity contribution in [2.75, 3.05) is 0 Å². The molecule has 0 radical (unpaired) electrons. The van der Waals surface area contributed by atoms with Gasteiger partial charge in [-0.1, -0.05) is 12.1 Å². The normalized spacial score (nSPS) is 10.3. The molecule has 0 fully saturated rings. The van der Waals surface area contributed by atoms with Gasteiger partial charge in [0.05, 0.1) is 11.3 Å². The molecule has 2 aromatic rings. The van der Waals surface area contributed by atoms with Crippen molar-refractivity contribution in [1.82, 2.24) is 10.3 Å². The Labute approximate surface area is 115 Å². The number of oxazole rings is 1. The smallest absolute Gasteiger partial charge is 0.335 e. The van der Waals surface area contributed by atoms with Gasteiger partial charge in [0, 0.05) is 13.5 Å². The highest BCUT2D eigenvalue weighted by Crippen LogP contribution is 2.10. The predicted octanol–water partition coefficient (Wildman–Crippen LogP) is 1.92. The molecule has 0 saturated heterocycles. The van der Waals surface area contributed by atoms with Gasteiger partial charge in [0.15, 0.2) is 5.89 Å². The number of aryl methyl sites for hydroxylation is 2. The van der Waals surface area contributed by atoms with E-state index in [2.05, 4.69) is 10.3 Å². The molecule has 6 nitrogen and oxygen atoms in total. The zero-order valence-electron chi connectivity index (χ0n) is 11.1. The lowest BCUT2D eigenvalue weighted by atomic mass is 10.1. The zero-order chi connectivity index (χ0) is 14.7. The number of aromatic nitrogens is 1. The van der Waals surface area contributed by atoms with E-state index < -0.39 is 5.97 Å². The number of hydrogen-bond donors (Lipinski definition) is 2. The van der Waals surface area contributed by atoms with Gasteiger partial charge in [-0.25, -0.2) is 9.78 Å². The van der Waals surface area contributed by atoms with Crippen molar-refractivity contribution in [1.29, 1.82) is 0 Å². The van der Waals surface area contributed by atoms with E-state index in [1.807, 2.05) is 0 Å². The lowest BCUT2D eigenvalue weighted by molar-refractivity contribution is 0.0696. The first-order valence-electron chi connectivity index (χ1n) is 6.02. The van der Waals surface area contributed by atoms with Crippen LogP contribution in [-0.2, 0) is 6.54 Å². The molecule has 2 rings (SSSR count). The first-order valence-corrected chi connectivity index (χ1v) is 6.02. The number of nitrogens with one attached hydrogen (secondary N) is 1. The fourth-order valence-corrected chi connectivity index (χ4v) is 1.77. The average Bonchev–Trinajstić information content (AvgIpc) is 2.75. The second kappa shape index (κ2) is 5.56. The molecule has 6 heteroatoms. The van der Waals surface area contributed by atoms with E-state index in [1.54, 1.807) is 26.0 Å². The van der Waals surface area contributed by atoms with E-state index in [1.165, 1.54) is 12.1 Å². The molecule has 1 aromatic heterocycles. The number of amides is 1. The Hall–Kier alpha value is -2.63. The summed E-state index contributed by atoms with van der Waals surface area (Å²) in [5.41, 5.74) is 1.56. The summed E-state index contributed by atoms with van der Waals surface area (Å²) in [5, 5.41) is 11.5. The Morgan fingerprint density at radius 1 is 1.25 bits per heavy atom. The number of rotatable bonds is 4. The molecule has 1 heterocycles. The molecule has 2 N–H and O–H groups in total. The standard InChI is InChI=1S/C14H14N2O4/c1-8-12(20-9(2)16-8)13(17)15-7-10-3-5-11(6-4-10)14(18)19/h3-6H,7H2,1-2H3,(H,15,17)(H,18,19). The Bertz CT molecular complexity index is 644. The van der Waals surface area contributed by atoms with Crippen LogP contribution in [0.1, 0.15) is 38.1 Å². The molecule has 0 unspecified atom stereocenters. The molecule has 0 aliphatic heterocycles. The van der Waals surface area contributed by atoms with Crippen LogP contribution < -0.4 is 5.32 Å². The molecule has 20 heavy (non-hydrogen) atoms. The summed E-state index contributed by atoms with van der Waals surface area (Å²) in [5.74, 6) is -0.679. The molecule has 0 saturated carbocycles. The summed E-state index contributed by atoms with van der Waals surface area (Å²) in [6.07, 6.45) is 0. The molecule has 1 aromatic carbocycles.